The van der Waals surface area contributed by atoms with Gasteiger partial charge in [-0.3, -0.25) is 10.7 Å². The van der Waals surface area contributed by atoms with E-state index >= 15 is 0 Å². The fraction of sp³-hybridized carbons (Fsp3) is 0.105. The topological polar surface area (TPSA) is 83.5 Å². The second-order valence-electron chi connectivity index (χ2n) is 5.81. The van der Waals surface area contributed by atoms with Gasteiger partial charge in [0.25, 0.3) is 0 Å². The summed E-state index contributed by atoms with van der Waals surface area (Å²) in [5.74, 6) is 1.62. The van der Waals surface area contributed by atoms with Crippen LogP contribution in [-0.2, 0) is 6.42 Å². The van der Waals surface area contributed by atoms with E-state index in [-0.39, 0.29) is 0 Å². The van der Waals surface area contributed by atoms with E-state index in [1.807, 2.05) is 18.2 Å². The lowest BCUT2D eigenvalue weighted by molar-refractivity contribution is 0.201. The molecule has 126 valence electrons. The minimum Gasteiger partial charge on any atom is -0.457 e. The van der Waals surface area contributed by atoms with Gasteiger partial charge in [0.1, 0.15) is 11.3 Å². The normalized spacial score (nSPS) is 13.9. The van der Waals surface area contributed by atoms with Gasteiger partial charge < -0.3 is 9.62 Å². The average Bonchev–Trinajstić information content (AvgIpc) is 3.11. The zero-order valence-corrected chi connectivity index (χ0v) is 13.4. The lowest BCUT2D eigenvalue weighted by Crippen LogP contribution is -1.94. The Labute approximate surface area is 143 Å². The first-order chi connectivity index (χ1) is 12.2. The largest absolute Gasteiger partial charge is 0.457 e. The summed E-state index contributed by atoms with van der Waals surface area (Å²) in [7, 11) is 0. The molecule has 6 nitrogen and oxygen atoms in total. The van der Waals surface area contributed by atoms with Crippen molar-refractivity contribution in [2.24, 2.45) is 0 Å². The van der Waals surface area contributed by atoms with Crippen LogP contribution in [0.5, 0.6) is 0 Å². The monoisotopic (exact) mass is 335 g/mol. The molecule has 0 bridgehead atoms. The van der Waals surface area contributed by atoms with Crippen LogP contribution in [0, 0.1) is 0 Å². The zero-order chi connectivity index (χ0) is 17.2. The van der Waals surface area contributed by atoms with Gasteiger partial charge in [-0.2, -0.15) is 4.73 Å². The first-order valence-corrected chi connectivity index (χ1v) is 7.98. The quantitative estimate of drug-likeness (QED) is 0.488. The SMILES string of the molecule is ONc1ccc2nc(-c3ccc(CC4=CCC=CC=C4)o3)n(O)c2c1. The molecule has 1 aromatic carbocycles. The Morgan fingerprint density at radius 2 is 2.12 bits per heavy atom. The Hall–Kier alpha value is -3.25. The van der Waals surface area contributed by atoms with Crippen LogP contribution in [0.4, 0.5) is 5.69 Å². The second-order valence-corrected chi connectivity index (χ2v) is 5.81. The second kappa shape index (κ2) is 6.33. The summed E-state index contributed by atoms with van der Waals surface area (Å²) in [6.07, 6.45) is 12.0. The van der Waals surface area contributed by atoms with E-state index in [2.05, 4.69) is 28.7 Å². The van der Waals surface area contributed by atoms with E-state index in [0.29, 0.717) is 34.7 Å². The first-order valence-electron chi connectivity index (χ1n) is 7.98. The molecule has 0 unspecified atom stereocenters. The molecule has 3 N–H and O–H groups in total. The Morgan fingerprint density at radius 3 is 3.00 bits per heavy atom. The van der Waals surface area contributed by atoms with Crippen LogP contribution in [0.1, 0.15) is 12.2 Å². The number of aromatic nitrogens is 2. The molecule has 0 saturated heterocycles. The van der Waals surface area contributed by atoms with Gasteiger partial charge in [-0.25, -0.2) is 4.98 Å². The van der Waals surface area contributed by atoms with Gasteiger partial charge in [0, 0.05) is 6.42 Å². The maximum atomic E-state index is 10.4. The lowest BCUT2D eigenvalue weighted by atomic mass is 10.1. The standard InChI is InChI=1S/C19H17N3O3/c23-21-14-7-9-16-17(12-14)22(24)19(20-16)18-10-8-15(25-18)11-13-5-3-1-2-4-6-13/h1-3,5-10,12,21,23-24H,4,11H2. The van der Waals surface area contributed by atoms with Crippen molar-refractivity contribution >= 4 is 16.7 Å². The summed E-state index contributed by atoms with van der Waals surface area (Å²) in [5, 5.41) is 19.4. The molecule has 0 aliphatic heterocycles. The fourth-order valence-corrected chi connectivity index (χ4v) is 2.84. The van der Waals surface area contributed by atoms with Crippen molar-refractivity contribution in [1.82, 2.24) is 9.71 Å². The number of hydrogen-bond acceptors (Lipinski definition) is 5. The van der Waals surface area contributed by atoms with Crippen molar-refractivity contribution in [1.29, 1.82) is 0 Å². The molecule has 2 heterocycles. The van der Waals surface area contributed by atoms with Crippen molar-refractivity contribution < 1.29 is 14.8 Å². The first kappa shape index (κ1) is 15.3. The highest BCUT2D eigenvalue weighted by atomic mass is 16.5. The Balaban J connectivity index is 1.64. The minimum absolute atomic E-state index is 0.323. The molecule has 0 spiro atoms. The van der Waals surface area contributed by atoms with E-state index in [4.69, 9.17) is 9.62 Å². The Morgan fingerprint density at radius 1 is 1.20 bits per heavy atom. The highest BCUT2D eigenvalue weighted by molar-refractivity contribution is 5.82. The van der Waals surface area contributed by atoms with Crippen molar-refractivity contribution in [3.63, 3.8) is 0 Å². The van der Waals surface area contributed by atoms with Crippen LogP contribution in [0.15, 0.2) is 70.7 Å². The number of rotatable bonds is 4. The highest BCUT2D eigenvalue weighted by Crippen LogP contribution is 2.27. The van der Waals surface area contributed by atoms with Gasteiger partial charge in [0.05, 0.1) is 11.2 Å². The van der Waals surface area contributed by atoms with Crippen LogP contribution in [0.2, 0.25) is 0 Å². The summed E-state index contributed by atoms with van der Waals surface area (Å²) in [5.41, 5.74) is 4.79. The van der Waals surface area contributed by atoms with Gasteiger partial charge in [-0.1, -0.05) is 30.4 Å². The molecule has 0 radical (unpaired) electrons. The van der Waals surface area contributed by atoms with E-state index < -0.39 is 0 Å². The molecule has 0 saturated carbocycles. The van der Waals surface area contributed by atoms with Gasteiger partial charge in [0.2, 0.25) is 5.82 Å². The molecule has 2 aromatic heterocycles. The lowest BCUT2D eigenvalue weighted by Gasteiger charge is -2.00. The van der Waals surface area contributed by atoms with Crippen LogP contribution in [-0.4, -0.2) is 20.1 Å². The highest BCUT2D eigenvalue weighted by Gasteiger charge is 2.16. The van der Waals surface area contributed by atoms with Crippen molar-refractivity contribution in [2.75, 3.05) is 5.48 Å². The fourth-order valence-electron chi connectivity index (χ4n) is 2.84. The smallest absolute Gasteiger partial charge is 0.212 e. The number of anilines is 1. The molecule has 4 rings (SSSR count). The van der Waals surface area contributed by atoms with E-state index in [9.17, 15) is 5.21 Å². The molecule has 3 aromatic rings. The van der Waals surface area contributed by atoms with E-state index in [1.165, 1.54) is 5.57 Å². The van der Waals surface area contributed by atoms with E-state index in [1.54, 1.807) is 24.3 Å². The molecular formula is C19H17N3O3. The zero-order valence-electron chi connectivity index (χ0n) is 13.4. The van der Waals surface area contributed by atoms with Crippen molar-refractivity contribution in [2.45, 2.75) is 12.8 Å². The van der Waals surface area contributed by atoms with Crippen LogP contribution >= 0.6 is 0 Å². The molecule has 1 aliphatic rings. The van der Waals surface area contributed by atoms with Crippen molar-refractivity contribution in [3.05, 3.63) is 72.0 Å². The summed E-state index contributed by atoms with van der Waals surface area (Å²) in [6, 6.07) is 8.67. The summed E-state index contributed by atoms with van der Waals surface area (Å²) >= 11 is 0. The third-order valence-corrected chi connectivity index (χ3v) is 4.09. The predicted molar refractivity (Wildman–Crippen MR) is 94.7 cm³/mol. The molecule has 6 heteroatoms. The maximum Gasteiger partial charge on any atom is 0.212 e. The Bertz CT molecular complexity index is 1010. The number of imidazole rings is 1. The average molecular weight is 335 g/mol. The van der Waals surface area contributed by atoms with Gasteiger partial charge in [0.15, 0.2) is 5.76 Å². The number of nitrogens with zero attached hydrogens (tertiary/aromatic N) is 2. The van der Waals surface area contributed by atoms with Crippen LogP contribution in [0.25, 0.3) is 22.6 Å². The number of fused-ring (bicyclic) bond motifs is 1. The van der Waals surface area contributed by atoms with Crippen LogP contribution in [0.3, 0.4) is 0 Å². The molecule has 25 heavy (non-hydrogen) atoms. The third kappa shape index (κ3) is 2.95. The molecule has 1 aliphatic carbocycles. The number of furan rings is 1. The molecule has 0 amide bonds. The number of hydrogen-bond donors (Lipinski definition) is 3. The summed E-state index contributed by atoms with van der Waals surface area (Å²) < 4.78 is 6.84. The Kier molecular flexibility index (Phi) is 3.87. The summed E-state index contributed by atoms with van der Waals surface area (Å²) in [6.45, 7) is 0. The summed E-state index contributed by atoms with van der Waals surface area (Å²) in [4.78, 5) is 4.40. The van der Waals surface area contributed by atoms with Gasteiger partial charge >= 0.3 is 0 Å². The van der Waals surface area contributed by atoms with Gasteiger partial charge in [-0.15, -0.1) is 0 Å². The molecular weight excluding hydrogens is 318 g/mol. The third-order valence-electron chi connectivity index (χ3n) is 4.09. The molecule has 0 atom stereocenters. The van der Waals surface area contributed by atoms with Crippen molar-refractivity contribution in [3.8, 4) is 11.6 Å². The van der Waals surface area contributed by atoms with Gasteiger partial charge in [-0.05, 0) is 42.3 Å². The predicted octanol–water partition coefficient (Wildman–Crippen LogP) is 4.32. The number of nitrogens with one attached hydrogen (secondary N) is 1. The van der Waals surface area contributed by atoms with Crippen LogP contribution < -0.4 is 5.48 Å². The van der Waals surface area contributed by atoms with E-state index in [0.717, 1.165) is 16.9 Å². The molecule has 0 fully saturated rings. The number of allylic oxidation sites excluding steroid dienone is 6. The minimum atomic E-state index is 0.323. The number of benzene rings is 1. The maximum absolute atomic E-state index is 10.4.